The second kappa shape index (κ2) is 5.45. The Morgan fingerprint density at radius 2 is 1.74 bits per heavy atom. The number of hydrogen-bond acceptors (Lipinski definition) is 2. The molecule has 1 heterocycles. The Kier molecular flexibility index (Phi) is 3.51. The summed E-state index contributed by atoms with van der Waals surface area (Å²) in [5, 5.41) is 0.765. The largest absolute Gasteiger partial charge is 0.350 e. The fourth-order valence-electron chi connectivity index (χ4n) is 2.34. The molecule has 96 valence electrons. The number of rotatable bonds is 3. The van der Waals surface area contributed by atoms with Crippen LogP contribution in [0.2, 0.25) is 5.02 Å². The van der Waals surface area contributed by atoms with Gasteiger partial charge in [-0.15, -0.1) is 0 Å². The molecule has 0 saturated carbocycles. The summed E-state index contributed by atoms with van der Waals surface area (Å²) in [6.07, 6.45) is 0. The smallest absolute Gasteiger partial charge is 0.132 e. The van der Waals surface area contributed by atoms with E-state index in [4.69, 9.17) is 11.6 Å². The van der Waals surface area contributed by atoms with Crippen LogP contribution < -0.4 is 0 Å². The quantitative estimate of drug-likeness (QED) is 0.832. The minimum Gasteiger partial charge on any atom is -0.350 e. The molecule has 0 unspecified atom stereocenters. The zero-order valence-corrected chi connectivity index (χ0v) is 11.3. The van der Waals surface area contributed by atoms with Gasteiger partial charge in [-0.3, -0.25) is 4.99 Å². The Morgan fingerprint density at radius 3 is 2.53 bits per heavy atom. The molecular weight excluding hydrogens is 256 g/mol. The van der Waals surface area contributed by atoms with Crippen LogP contribution in [0.4, 0.5) is 0 Å². The first-order valence-electron chi connectivity index (χ1n) is 6.43. The average molecular weight is 271 g/mol. The maximum Gasteiger partial charge on any atom is 0.132 e. The Hall–Kier alpha value is -1.80. The van der Waals surface area contributed by atoms with E-state index in [1.807, 2.05) is 30.3 Å². The zero-order chi connectivity index (χ0) is 13.1. The van der Waals surface area contributed by atoms with Gasteiger partial charge < -0.3 is 4.90 Å². The van der Waals surface area contributed by atoms with Crippen molar-refractivity contribution >= 4 is 17.4 Å². The summed E-state index contributed by atoms with van der Waals surface area (Å²) in [6, 6.07) is 18.4. The molecule has 0 saturated heterocycles. The third kappa shape index (κ3) is 2.64. The second-order valence-electron chi connectivity index (χ2n) is 4.59. The van der Waals surface area contributed by atoms with Crippen LogP contribution >= 0.6 is 11.6 Å². The molecule has 0 N–H and O–H groups in total. The van der Waals surface area contributed by atoms with Crippen molar-refractivity contribution in [3.8, 4) is 0 Å². The minimum absolute atomic E-state index is 0.765. The fraction of sp³-hybridized carbons (Fsp3) is 0.188. The van der Waals surface area contributed by atoms with Gasteiger partial charge in [-0.25, -0.2) is 0 Å². The average Bonchev–Trinajstić information content (AvgIpc) is 2.88. The molecule has 2 aromatic carbocycles. The highest BCUT2D eigenvalue weighted by atomic mass is 35.5. The lowest BCUT2D eigenvalue weighted by atomic mass is 10.1. The van der Waals surface area contributed by atoms with E-state index in [2.05, 4.69) is 34.2 Å². The monoisotopic (exact) mass is 270 g/mol. The Balaban J connectivity index is 1.84. The zero-order valence-electron chi connectivity index (χ0n) is 10.6. The second-order valence-corrected chi connectivity index (χ2v) is 5.00. The standard InChI is InChI=1S/C16H15ClN2/c17-15-9-5-4-8-14(15)16-18-10-11-19(16)12-13-6-2-1-3-7-13/h1-9H,10-12H2. The van der Waals surface area contributed by atoms with E-state index in [0.717, 1.165) is 36.1 Å². The number of halogens is 1. The number of benzene rings is 2. The van der Waals surface area contributed by atoms with E-state index < -0.39 is 0 Å². The van der Waals surface area contributed by atoms with E-state index in [1.54, 1.807) is 0 Å². The molecule has 0 atom stereocenters. The van der Waals surface area contributed by atoms with Crippen LogP contribution in [0.1, 0.15) is 11.1 Å². The fourth-order valence-corrected chi connectivity index (χ4v) is 2.56. The van der Waals surface area contributed by atoms with Crippen LogP contribution in [0, 0.1) is 0 Å². The Labute approximate surface area is 118 Å². The van der Waals surface area contributed by atoms with Crippen molar-refractivity contribution in [2.75, 3.05) is 13.1 Å². The maximum atomic E-state index is 6.27. The topological polar surface area (TPSA) is 15.6 Å². The van der Waals surface area contributed by atoms with Crippen molar-refractivity contribution in [1.82, 2.24) is 4.90 Å². The molecule has 0 aromatic heterocycles. The van der Waals surface area contributed by atoms with Crippen molar-refractivity contribution in [2.45, 2.75) is 6.54 Å². The molecule has 2 aromatic rings. The molecule has 0 radical (unpaired) electrons. The van der Waals surface area contributed by atoms with E-state index in [0.29, 0.717) is 0 Å². The summed E-state index contributed by atoms with van der Waals surface area (Å²) >= 11 is 6.27. The van der Waals surface area contributed by atoms with Crippen LogP contribution in [0.3, 0.4) is 0 Å². The molecule has 0 spiro atoms. The van der Waals surface area contributed by atoms with E-state index in [-0.39, 0.29) is 0 Å². The van der Waals surface area contributed by atoms with Crippen LogP contribution in [-0.4, -0.2) is 23.8 Å². The van der Waals surface area contributed by atoms with Crippen LogP contribution in [0.25, 0.3) is 0 Å². The lowest BCUT2D eigenvalue weighted by molar-refractivity contribution is 0.453. The summed E-state index contributed by atoms with van der Waals surface area (Å²) in [5.74, 6) is 1.01. The van der Waals surface area contributed by atoms with E-state index in [1.165, 1.54) is 5.56 Å². The summed E-state index contributed by atoms with van der Waals surface area (Å²) in [5.41, 5.74) is 2.32. The molecule has 19 heavy (non-hydrogen) atoms. The van der Waals surface area contributed by atoms with Gasteiger partial charge in [0, 0.05) is 18.7 Å². The highest BCUT2D eigenvalue weighted by Gasteiger charge is 2.20. The molecule has 3 rings (SSSR count). The predicted molar refractivity (Wildman–Crippen MR) is 79.7 cm³/mol. The van der Waals surface area contributed by atoms with Crippen molar-refractivity contribution in [2.24, 2.45) is 4.99 Å². The van der Waals surface area contributed by atoms with Gasteiger partial charge in [0.2, 0.25) is 0 Å². The highest BCUT2D eigenvalue weighted by Crippen LogP contribution is 2.21. The first kappa shape index (κ1) is 12.2. The predicted octanol–water partition coefficient (Wildman–Crippen LogP) is 3.60. The van der Waals surface area contributed by atoms with Crippen molar-refractivity contribution in [1.29, 1.82) is 0 Å². The third-order valence-corrected chi connectivity index (χ3v) is 3.59. The van der Waals surface area contributed by atoms with Gasteiger partial charge in [-0.05, 0) is 17.7 Å². The molecule has 1 aliphatic rings. The van der Waals surface area contributed by atoms with E-state index >= 15 is 0 Å². The first-order valence-corrected chi connectivity index (χ1v) is 6.80. The minimum atomic E-state index is 0.765. The summed E-state index contributed by atoms with van der Waals surface area (Å²) in [6.45, 7) is 2.67. The van der Waals surface area contributed by atoms with Gasteiger partial charge in [-0.1, -0.05) is 54.1 Å². The van der Waals surface area contributed by atoms with Gasteiger partial charge in [0.05, 0.1) is 11.6 Å². The summed E-state index contributed by atoms with van der Waals surface area (Å²) in [4.78, 5) is 6.89. The van der Waals surface area contributed by atoms with Crippen LogP contribution in [0.15, 0.2) is 59.6 Å². The highest BCUT2D eigenvalue weighted by molar-refractivity contribution is 6.34. The number of nitrogens with zero attached hydrogens (tertiary/aromatic N) is 2. The van der Waals surface area contributed by atoms with Crippen LogP contribution in [-0.2, 0) is 6.54 Å². The number of hydrogen-bond donors (Lipinski definition) is 0. The molecule has 0 aliphatic carbocycles. The van der Waals surface area contributed by atoms with E-state index in [9.17, 15) is 0 Å². The van der Waals surface area contributed by atoms with Gasteiger partial charge in [0.15, 0.2) is 0 Å². The van der Waals surface area contributed by atoms with Crippen molar-refractivity contribution < 1.29 is 0 Å². The molecular formula is C16H15ClN2. The third-order valence-electron chi connectivity index (χ3n) is 3.26. The normalized spacial score (nSPS) is 14.6. The summed E-state index contributed by atoms with van der Waals surface area (Å²) in [7, 11) is 0. The molecule has 2 nitrogen and oxygen atoms in total. The number of aliphatic imine (C=N–C) groups is 1. The molecule has 0 amide bonds. The SMILES string of the molecule is Clc1ccccc1C1=NCCN1Cc1ccccc1. The first-order chi connectivity index (χ1) is 9.34. The molecule has 0 bridgehead atoms. The van der Waals surface area contributed by atoms with Gasteiger partial charge in [0.1, 0.15) is 5.84 Å². The molecule has 0 fully saturated rings. The maximum absolute atomic E-state index is 6.27. The Bertz CT molecular complexity index is 593. The lowest BCUT2D eigenvalue weighted by Crippen LogP contribution is -2.28. The molecule has 3 heteroatoms. The van der Waals surface area contributed by atoms with Gasteiger partial charge in [-0.2, -0.15) is 0 Å². The van der Waals surface area contributed by atoms with Crippen LogP contribution in [0.5, 0.6) is 0 Å². The van der Waals surface area contributed by atoms with Crippen molar-refractivity contribution in [3.05, 3.63) is 70.7 Å². The lowest BCUT2D eigenvalue weighted by Gasteiger charge is -2.21. The Morgan fingerprint density at radius 1 is 1.00 bits per heavy atom. The van der Waals surface area contributed by atoms with Gasteiger partial charge >= 0.3 is 0 Å². The molecule has 1 aliphatic heterocycles. The summed E-state index contributed by atoms with van der Waals surface area (Å²) < 4.78 is 0. The number of amidine groups is 1. The van der Waals surface area contributed by atoms with Crippen molar-refractivity contribution in [3.63, 3.8) is 0 Å². The van der Waals surface area contributed by atoms with Gasteiger partial charge in [0.25, 0.3) is 0 Å².